The fraction of sp³-hybridized carbons (Fsp3) is 0.433. The van der Waals surface area contributed by atoms with Crippen LogP contribution in [0.4, 0.5) is 18.0 Å². The van der Waals surface area contributed by atoms with Crippen LogP contribution in [0.15, 0.2) is 66.7 Å². The summed E-state index contributed by atoms with van der Waals surface area (Å²) >= 11 is 0. The van der Waals surface area contributed by atoms with Gasteiger partial charge in [0, 0.05) is 37.3 Å². The van der Waals surface area contributed by atoms with Gasteiger partial charge in [0.2, 0.25) is 18.6 Å². The first-order valence-corrected chi connectivity index (χ1v) is 14.2. The fourth-order valence-electron chi connectivity index (χ4n) is 5.63. The molecular weight excluding hydrogens is 567 g/mol. The van der Waals surface area contributed by atoms with Crippen molar-refractivity contribution >= 4 is 17.8 Å². The summed E-state index contributed by atoms with van der Waals surface area (Å²) in [5.41, 5.74) is -0.0941. The first-order valence-electron chi connectivity index (χ1n) is 14.2. The number of alkyl halides is 3. The Kier molecular flexibility index (Phi) is 9.39. The van der Waals surface area contributed by atoms with Gasteiger partial charge in [-0.05, 0) is 49.4 Å². The third-order valence-electron chi connectivity index (χ3n) is 7.89. The number of amides is 4. The summed E-state index contributed by atoms with van der Waals surface area (Å²) in [6.07, 6.45) is 0.206. The molecule has 3 aliphatic rings. The number of rotatable bonds is 9. The standard InChI is InChI=1S/C30H34F3N5O5/c31-30(32,33)22-8-4-7-21(13-22)28(40)34-15-26(39)36-23-16-37(17-23)24-9-11-25(12-10-24)38(27-18-42-19-43-27)29(41)35-14-20-5-2-1-3-6-20/h1-8,13,18,23-25H,9-12,14-17,19H2,(H,34,40)(H,35,41)(H,36,39). The molecule has 3 N–H and O–H groups in total. The van der Waals surface area contributed by atoms with Crippen molar-refractivity contribution in [1.82, 2.24) is 25.8 Å². The third-order valence-corrected chi connectivity index (χ3v) is 7.89. The number of carbonyl (C=O) groups is 3. The number of urea groups is 1. The van der Waals surface area contributed by atoms with Crippen LogP contribution >= 0.6 is 0 Å². The maximum atomic E-state index is 13.2. The first kappa shape index (κ1) is 30.2. The predicted octanol–water partition coefficient (Wildman–Crippen LogP) is 3.56. The fourth-order valence-corrected chi connectivity index (χ4v) is 5.63. The molecule has 0 aromatic heterocycles. The van der Waals surface area contributed by atoms with Crippen LogP contribution in [0.1, 0.15) is 47.2 Å². The van der Waals surface area contributed by atoms with E-state index < -0.39 is 23.6 Å². The minimum Gasteiger partial charge on any atom is -0.459 e. The van der Waals surface area contributed by atoms with E-state index in [2.05, 4.69) is 20.9 Å². The van der Waals surface area contributed by atoms with Crippen molar-refractivity contribution in [3.05, 3.63) is 83.4 Å². The number of hydrogen-bond donors (Lipinski definition) is 3. The van der Waals surface area contributed by atoms with Gasteiger partial charge in [0.05, 0.1) is 18.2 Å². The first-order chi connectivity index (χ1) is 20.7. The Bertz CT molecular complexity index is 1320. The second kappa shape index (κ2) is 13.4. The van der Waals surface area contributed by atoms with E-state index in [1.54, 1.807) is 4.90 Å². The second-order valence-electron chi connectivity index (χ2n) is 10.8. The van der Waals surface area contributed by atoms with Gasteiger partial charge in [0.15, 0.2) is 0 Å². The summed E-state index contributed by atoms with van der Waals surface area (Å²) in [5, 5.41) is 8.22. The van der Waals surface area contributed by atoms with E-state index in [1.165, 1.54) is 12.3 Å². The highest BCUT2D eigenvalue weighted by Crippen LogP contribution is 2.32. The van der Waals surface area contributed by atoms with Crippen LogP contribution in [-0.2, 0) is 27.0 Å². The van der Waals surface area contributed by atoms with Crippen molar-refractivity contribution in [3.8, 4) is 0 Å². The number of likely N-dealkylation sites (tertiary alicyclic amines) is 1. The Balaban J connectivity index is 1.04. The monoisotopic (exact) mass is 601 g/mol. The van der Waals surface area contributed by atoms with Gasteiger partial charge in [0.1, 0.15) is 6.26 Å². The summed E-state index contributed by atoms with van der Waals surface area (Å²) in [5.74, 6) is -0.750. The molecule has 0 spiro atoms. The number of hydrogen-bond acceptors (Lipinski definition) is 6. The predicted molar refractivity (Wildman–Crippen MR) is 149 cm³/mol. The Hall–Kier alpha value is -4.26. The maximum Gasteiger partial charge on any atom is 0.416 e. The normalized spacial score (nSPS) is 20.6. The molecule has 0 unspecified atom stereocenters. The van der Waals surface area contributed by atoms with Crippen molar-refractivity contribution in [2.24, 2.45) is 0 Å². The summed E-state index contributed by atoms with van der Waals surface area (Å²) < 4.78 is 49.5. The molecule has 1 saturated carbocycles. The number of carbonyl (C=O) groups excluding carboxylic acids is 3. The van der Waals surface area contributed by atoms with Crippen LogP contribution < -0.4 is 16.0 Å². The molecule has 1 aliphatic carbocycles. The van der Waals surface area contributed by atoms with Crippen molar-refractivity contribution in [1.29, 1.82) is 0 Å². The molecule has 5 rings (SSSR count). The molecule has 43 heavy (non-hydrogen) atoms. The van der Waals surface area contributed by atoms with Crippen LogP contribution in [0.25, 0.3) is 0 Å². The van der Waals surface area contributed by atoms with E-state index in [0.29, 0.717) is 31.6 Å². The third kappa shape index (κ3) is 7.78. The SMILES string of the molecule is O=C(CNC(=O)c1cccc(C(F)(F)F)c1)NC1CN(C2CCC(N(C(=O)NCc3ccccc3)C3=COCO3)CC2)C1. The molecular formula is C30H34F3N5O5. The Labute approximate surface area is 247 Å². The topological polar surface area (TPSA) is 112 Å². The van der Waals surface area contributed by atoms with Crippen LogP contribution in [0.3, 0.4) is 0 Å². The molecule has 2 aliphatic heterocycles. The van der Waals surface area contributed by atoms with Crippen molar-refractivity contribution in [2.45, 2.75) is 56.5 Å². The highest BCUT2D eigenvalue weighted by Gasteiger charge is 2.39. The lowest BCUT2D eigenvalue weighted by Gasteiger charge is -2.47. The molecule has 0 atom stereocenters. The zero-order valence-electron chi connectivity index (χ0n) is 23.4. The highest BCUT2D eigenvalue weighted by molar-refractivity contribution is 5.96. The molecule has 0 bridgehead atoms. The molecule has 13 heteroatoms. The highest BCUT2D eigenvalue weighted by atomic mass is 19.4. The van der Waals surface area contributed by atoms with Gasteiger partial charge in [0.25, 0.3) is 5.91 Å². The van der Waals surface area contributed by atoms with E-state index >= 15 is 0 Å². The molecule has 230 valence electrons. The van der Waals surface area contributed by atoms with E-state index in [9.17, 15) is 27.6 Å². The number of nitrogens with zero attached hydrogens (tertiary/aromatic N) is 2. The van der Waals surface area contributed by atoms with Gasteiger partial charge in [-0.2, -0.15) is 13.2 Å². The Morgan fingerprint density at radius 1 is 0.953 bits per heavy atom. The van der Waals surface area contributed by atoms with E-state index in [0.717, 1.165) is 49.4 Å². The van der Waals surface area contributed by atoms with Crippen LogP contribution in [0.2, 0.25) is 0 Å². The van der Waals surface area contributed by atoms with Crippen molar-refractivity contribution < 1.29 is 37.0 Å². The lowest BCUT2D eigenvalue weighted by atomic mass is 9.87. The van der Waals surface area contributed by atoms with Crippen LogP contribution in [0, 0.1) is 0 Å². The van der Waals surface area contributed by atoms with E-state index in [-0.39, 0.29) is 37.0 Å². The molecule has 1 saturated heterocycles. The molecule has 4 amide bonds. The van der Waals surface area contributed by atoms with E-state index in [4.69, 9.17) is 9.47 Å². The van der Waals surface area contributed by atoms with Crippen LogP contribution in [-0.4, -0.2) is 72.2 Å². The van der Waals surface area contributed by atoms with E-state index in [1.807, 2.05) is 30.3 Å². The molecule has 2 aromatic carbocycles. The minimum absolute atomic E-state index is 0.0443. The summed E-state index contributed by atoms with van der Waals surface area (Å²) in [7, 11) is 0. The van der Waals surface area contributed by atoms with Crippen molar-refractivity contribution in [2.75, 3.05) is 26.4 Å². The lowest BCUT2D eigenvalue weighted by Crippen LogP contribution is -2.63. The average Bonchev–Trinajstić information content (AvgIpc) is 3.52. The zero-order valence-corrected chi connectivity index (χ0v) is 23.4. The number of nitrogens with one attached hydrogen (secondary N) is 3. The molecule has 0 radical (unpaired) electrons. The maximum absolute atomic E-state index is 13.2. The largest absolute Gasteiger partial charge is 0.459 e. The number of halogens is 3. The number of ether oxygens (including phenoxy) is 2. The summed E-state index contributed by atoms with van der Waals surface area (Å²) in [6.45, 7) is 1.46. The molecule has 2 aromatic rings. The molecule has 10 nitrogen and oxygen atoms in total. The van der Waals surface area contributed by atoms with Gasteiger partial charge in [-0.1, -0.05) is 36.4 Å². The smallest absolute Gasteiger partial charge is 0.416 e. The molecule has 2 heterocycles. The van der Waals surface area contributed by atoms with Gasteiger partial charge in [-0.25, -0.2) is 4.79 Å². The minimum atomic E-state index is -4.56. The van der Waals surface area contributed by atoms with Gasteiger partial charge >= 0.3 is 12.2 Å². The lowest BCUT2D eigenvalue weighted by molar-refractivity contribution is -0.137. The summed E-state index contributed by atoms with van der Waals surface area (Å²) in [6, 6.07) is 13.7. The van der Waals surface area contributed by atoms with Gasteiger partial charge < -0.3 is 25.4 Å². The van der Waals surface area contributed by atoms with Crippen molar-refractivity contribution in [3.63, 3.8) is 0 Å². The van der Waals surface area contributed by atoms with Gasteiger partial charge in [-0.3, -0.25) is 19.4 Å². The van der Waals surface area contributed by atoms with Crippen LogP contribution in [0.5, 0.6) is 0 Å². The Morgan fingerprint density at radius 2 is 1.70 bits per heavy atom. The number of benzene rings is 2. The quantitative estimate of drug-likeness (QED) is 0.406. The average molecular weight is 602 g/mol. The van der Waals surface area contributed by atoms with Gasteiger partial charge in [-0.15, -0.1) is 0 Å². The summed E-state index contributed by atoms with van der Waals surface area (Å²) in [4.78, 5) is 41.7. The molecule has 2 fully saturated rings. The second-order valence-corrected chi connectivity index (χ2v) is 10.8. The zero-order chi connectivity index (χ0) is 30.4. The Morgan fingerprint density at radius 3 is 2.37 bits per heavy atom.